The number of pyridine rings is 2. The standard InChI is InChI=1S/C26H32N6OS/c1-18-7-9-28-23(16-18)32-19(2)17-21(20(32)3)25-24(22-6-4-5-8-27-22)29-26(34)31(25)11-10-30-12-14-33-15-13-30/h4-9,16-17,24-25H,10-15H2,1-3H3,(H,29,34)/t24-,25+/m1/s1. The molecule has 8 heteroatoms. The number of hydrogen-bond acceptors (Lipinski definition) is 5. The number of ether oxygens (including phenoxy) is 1. The van der Waals surface area contributed by atoms with Crippen molar-refractivity contribution in [1.82, 2.24) is 29.7 Å². The molecule has 5 rings (SSSR count). The molecule has 0 amide bonds. The van der Waals surface area contributed by atoms with Gasteiger partial charge in [-0.25, -0.2) is 4.98 Å². The van der Waals surface area contributed by atoms with Crippen molar-refractivity contribution in [2.75, 3.05) is 39.4 Å². The van der Waals surface area contributed by atoms with Gasteiger partial charge in [-0.2, -0.15) is 0 Å². The Hall–Kier alpha value is -2.81. The van der Waals surface area contributed by atoms with Gasteiger partial charge < -0.3 is 19.5 Å². The Morgan fingerprint density at radius 3 is 2.59 bits per heavy atom. The van der Waals surface area contributed by atoms with Crippen molar-refractivity contribution in [2.24, 2.45) is 0 Å². The van der Waals surface area contributed by atoms with Gasteiger partial charge in [0.1, 0.15) is 5.82 Å². The molecule has 2 aliphatic rings. The van der Waals surface area contributed by atoms with Gasteiger partial charge in [0.15, 0.2) is 5.11 Å². The van der Waals surface area contributed by atoms with Crippen molar-refractivity contribution in [2.45, 2.75) is 32.9 Å². The molecular formula is C26H32N6OS. The first-order valence-electron chi connectivity index (χ1n) is 11.9. The molecule has 3 aromatic rings. The van der Waals surface area contributed by atoms with E-state index in [2.05, 4.69) is 68.6 Å². The summed E-state index contributed by atoms with van der Waals surface area (Å²) in [5, 5.41) is 4.37. The minimum Gasteiger partial charge on any atom is -0.379 e. The number of aryl methyl sites for hydroxylation is 2. The van der Waals surface area contributed by atoms with Crippen LogP contribution in [0.2, 0.25) is 0 Å². The van der Waals surface area contributed by atoms with E-state index < -0.39 is 0 Å². The van der Waals surface area contributed by atoms with Gasteiger partial charge in [-0.1, -0.05) is 6.07 Å². The van der Waals surface area contributed by atoms with Crippen LogP contribution in [0.5, 0.6) is 0 Å². The number of thiocarbonyl (C=S) groups is 1. The van der Waals surface area contributed by atoms with Crippen LogP contribution in [0, 0.1) is 20.8 Å². The van der Waals surface area contributed by atoms with Crippen LogP contribution < -0.4 is 5.32 Å². The van der Waals surface area contributed by atoms with E-state index in [-0.39, 0.29) is 12.1 Å². The summed E-state index contributed by atoms with van der Waals surface area (Å²) >= 11 is 5.88. The lowest BCUT2D eigenvalue weighted by atomic mass is 9.97. The van der Waals surface area contributed by atoms with Gasteiger partial charge in [-0.05, 0) is 74.4 Å². The molecule has 5 heterocycles. The first kappa shape index (κ1) is 23.0. The Morgan fingerprint density at radius 2 is 1.85 bits per heavy atom. The molecule has 0 unspecified atom stereocenters. The van der Waals surface area contributed by atoms with Crippen molar-refractivity contribution < 1.29 is 4.74 Å². The second-order valence-corrected chi connectivity index (χ2v) is 9.51. The lowest BCUT2D eigenvalue weighted by Crippen LogP contribution is -2.42. The quantitative estimate of drug-likeness (QED) is 0.547. The smallest absolute Gasteiger partial charge is 0.170 e. The van der Waals surface area contributed by atoms with E-state index in [9.17, 15) is 0 Å². The summed E-state index contributed by atoms with van der Waals surface area (Å²) in [5.41, 5.74) is 5.80. The highest BCUT2D eigenvalue weighted by molar-refractivity contribution is 7.80. The van der Waals surface area contributed by atoms with Gasteiger partial charge in [0.25, 0.3) is 0 Å². The fraction of sp³-hybridized carbons (Fsp3) is 0.423. The Kier molecular flexibility index (Phi) is 6.63. The van der Waals surface area contributed by atoms with Crippen LogP contribution in [0.15, 0.2) is 48.8 Å². The summed E-state index contributed by atoms with van der Waals surface area (Å²) in [7, 11) is 0. The Bertz CT molecular complexity index is 1160. The molecule has 0 spiro atoms. The highest BCUT2D eigenvalue weighted by Crippen LogP contribution is 2.41. The molecule has 0 bridgehead atoms. The lowest BCUT2D eigenvalue weighted by molar-refractivity contribution is 0.0350. The zero-order valence-electron chi connectivity index (χ0n) is 20.1. The number of aromatic nitrogens is 3. The predicted molar refractivity (Wildman–Crippen MR) is 137 cm³/mol. The molecule has 34 heavy (non-hydrogen) atoms. The van der Waals surface area contributed by atoms with Crippen LogP contribution in [-0.4, -0.2) is 68.8 Å². The minimum absolute atomic E-state index is 0.0159. The maximum atomic E-state index is 5.88. The topological polar surface area (TPSA) is 58.5 Å². The van der Waals surface area contributed by atoms with Gasteiger partial charge >= 0.3 is 0 Å². The van der Waals surface area contributed by atoms with Gasteiger partial charge in [0.05, 0.1) is 31.0 Å². The van der Waals surface area contributed by atoms with E-state index in [0.29, 0.717) is 0 Å². The molecule has 2 aliphatic heterocycles. The average Bonchev–Trinajstić information content (AvgIpc) is 3.33. The highest BCUT2D eigenvalue weighted by Gasteiger charge is 2.41. The molecule has 3 aromatic heterocycles. The predicted octanol–water partition coefficient (Wildman–Crippen LogP) is 3.50. The van der Waals surface area contributed by atoms with Crippen molar-refractivity contribution in [3.8, 4) is 5.82 Å². The summed E-state index contributed by atoms with van der Waals surface area (Å²) in [5.74, 6) is 0.948. The van der Waals surface area contributed by atoms with Crippen LogP contribution in [0.4, 0.5) is 0 Å². The van der Waals surface area contributed by atoms with E-state index in [1.165, 1.54) is 16.8 Å². The van der Waals surface area contributed by atoms with Gasteiger partial charge in [-0.3, -0.25) is 9.88 Å². The van der Waals surface area contributed by atoms with Crippen molar-refractivity contribution in [3.05, 3.63) is 77.0 Å². The van der Waals surface area contributed by atoms with Crippen LogP contribution in [0.1, 0.15) is 40.3 Å². The molecule has 1 N–H and O–H groups in total. The van der Waals surface area contributed by atoms with Crippen molar-refractivity contribution in [1.29, 1.82) is 0 Å². The van der Waals surface area contributed by atoms with Crippen LogP contribution in [-0.2, 0) is 4.74 Å². The molecule has 2 saturated heterocycles. The maximum Gasteiger partial charge on any atom is 0.170 e. The monoisotopic (exact) mass is 476 g/mol. The molecule has 2 atom stereocenters. The molecule has 178 valence electrons. The highest BCUT2D eigenvalue weighted by atomic mass is 32.1. The summed E-state index contributed by atoms with van der Waals surface area (Å²) in [6, 6.07) is 12.6. The molecule has 0 saturated carbocycles. The third-order valence-electron chi connectivity index (χ3n) is 6.88. The molecule has 0 radical (unpaired) electrons. The van der Waals surface area contributed by atoms with E-state index >= 15 is 0 Å². The van der Waals surface area contributed by atoms with E-state index in [4.69, 9.17) is 17.0 Å². The van der Waals surface area contributed by atoms with Crippen molar-refractivity contribution >= 4 is 17.3 Å². The van der Waals surface area contributed by atoms with Gasteiger partial charge in [0.2, 0.25) is 0 Å². The van der Waals surface area contributed by atoms with Crippen LogP contribution in [0.25, 0.3) is 5.82 Å². The number of morpholine rings is 1. The zero-order chi connectivity index (χ0) is 23.7. The Balaban J connectivity index is 1.52. The molecular weight excluding hydrogens is 444 g/mol. The normalized spacial score (nSPS) is 21.1. The summed E-state index contributed by atoms with van der Waals surface area (Å²) in [6.07, 6.45) is 3.73. The van der Waals surface area contributed by atoms with Gasteiger partial charge in [0, 0.05) is 50.0 Å². The molecule has 7 nitrogen and oxygen atoms in total. The average molecular weight is 477 g/mol. The third-order valence-corrected chi connectivity index (χ3v) is 7.23. The van der Waals surface area contributed by atoms with E-state index in [1.807, 2.05) is 30.6 Å². The van der Waals surface area contributed by atoms with E-state index in [0.717, 1.165) is 61.7 Å². The number of nitrogens with zero attached hydrogens (tertiary/aromatic N) is 5. The summed E-state index contributed by atoms with van der Waals surface area (Å²) in [6.45, 7) is 11.8. The summed E-state index contributed by atoms with van der Waals surface area (Å²) in [4.78, 5) is 14.1. The first-order valence-corrected chi connectivity index (χ1v) is 12.3. The zero-order valence-corrected chi connectivity index (χ0v) is 20.9. The molecule has 0 aliphatic carbocycles. The molecule has 0 aromatic carbocycles. The Morgan fingerprint density at radius 1 is 1.03 bits per heavy atom. The fourth-order valence-electron chi connectivity index (χ4n) is 5.14. The lowest BCUT2D eigenvalue weighted by Gasteiger charge is -2.32. The SMILES string of the molecule is Cc1ccnc(-n2c(C)cc([C@H]3[C@@H](c4ccccn4)NC(=S)N3CCN3CCOCC3)c2C)c1. The minimum atomic E-state index is -0.0159. The second-order valence-electron chi connectivity index (χ2n) is 9.13. The second kappa shape index (κ2) is 9.82. The number of rotatable bonds is 6. The van der Waals surface area contributed by atoms with Gasteiger partial charge in [-0.15, -0.1) is 0 Å². The Labute approximate surface area is 206 Å². The van der Waals surface area contributed by atoms with Crippen LogP contribution in [0.3, 0.4) is 0 Å². The van der Waals surface area contributed by atoms with Crippen LogP contribution >= 0.6 is 12.2 Å². The number of hydrogen-bond donors (Lipinski definition) is 1. The fourth-order valence-corrected chi connectivity index (χ4v) is 5.47. The maximum absolute atomic E-state index is 5.88. The first-order chi connectivity index (χ1) is 16.5. The molecule has 2 fully saturated rings. The van der Waals surface area contributed by atoms with E-state index in [1.54, 1.807) is 0 Å². The number of nitrogens with one attached hydrogen (secondary N) is 1. The van der Waals surface area contributed by atoms with Crippen molar-refractivity contribution in [3.63, 3.8) is 0 Å². The summed E-state index contributed by atoms with van der Waals surface area (Å²) < 4.78 is 7.78. The largest absolute Gasteiger partial charge is 0.379 e. The third kappa shape index (κ3) is 4.45.